The van der Waals surface area contributed by atoms with Crippen LogP contribution in [0.15, 0.2) is 34.9 Å². The van der Waals surface area contributed by atoms with E-state index in [1.165, 1.54) is 0 Å². The highest BCUT2D eigenvalue weighted by atomic mass is 16.5. The predicted octanol–water partition coefficient (Wildman–Crippen LogP) is 3.15. The van der Waals surface area contributed by atoms with Crippen molar-refractivity contribution >= 4 is 5.91 Å². The van der Waals surface area contributed by atoms with Gasteiger partial charge in [-0.15, -0.1) is 0 Å². The number of aromatic nitrogens is 2. The van der Waals surface area contributed by atoms with Crippen LogP contribution in [0.25, 0.3) is 0 Å². The molecule has 1 aromatic heterocycles. The van der Waals surface area contributed by atoms with Gasteiger partial charge in [-0.05, 0) is 30.9 Å². The third kappa shape index (κ3) is 2.97. The fraction of sp³-hybridized carbons (Fsp3) is 0.550. The summed E-state index contributed by atoms with van der Waals surface area (Å²) in [5, 5.41) is 4.28. The minimum atomic E-state index is -0.154. The van der Waals surface area contributed by atoms with Crippen LogP contribution in [0, 0.1) is 5.92 Å². The summed E-state index contributed by atoms with van der Waals surface area (Å²) in [6.45, 7) is 5.57. The van der Waals surface area contributed by atoms with E-state index in [0.717, 1.165) is 37.4 Å². The van der Waals surface area contributed by atoms with Crippen LogP contribution in [0.5, 0.6) is 5.75 Å². The van der Waals surface area contributed by atoms with Crippen LogP contribution >= 0.6 is 0 Å². The molecule has 6 nitrogen and oxygen atoms in total. The van der Waals surface area contributed by atoms with Gasteiger partial charge in [-0.2, -0.15) is 4.98 Å². The lowest BCUT2D eigenvalue weighted by atomic mass is 9.80. The van der Waals surface area contributed by atoms with Gasteiger partial charge >= 0.3 is 0 Å². The molecule has 138 valence electrons. The molecule has 0 N–H and O–H groups in total. The van der Waals surface area contributed by atoms with E-state index in [0.29, 0.717) is 18.4 Å². The molecule has 4 rings (SSSR count). The topological polar surface area (TPSA) is 68.5 Å². The van der Waals surface area contributed by atoms with Crippen molar-refractivity contribution in [2.24, 2.45) is 5.92 Å². The second-order valence-electron chi connectivity index (χ2n) is 7.73. The van der Waals surface area contributed by atoms with Gasteiger partial charge in [0.15, 0.2) is 12.4 Å². The van der Waals surface area contributed by atoms with E-state index >= 15 is 0 Å². The number of ether oxygens (including phenoxy) is 1. The second-order valence-corrected chi connectivity index (χ2v) is 7.73. The Balaban J connectivity index is 1.46. The van der Waals surface area contributed by atoms with E-state index in [1.54, 1.807) is 0 Å². The molecule has 2 heterocycles. The van der Waals surface area contributed by atoms with Crippen LogP contribution in [0.1, 0.15) is 50.7 Å². The zero-order valence-electron chi connectivity index (χ0n) is 15.4. The van der Waals surface area contributed by atoms with Crippen LogP contribution < -0.4 is 4.74 Å². The lowest BCUT2D eigenvalue weighted by Gasteiger charge is -2.24. The smallest absolute Gasteiger partial charge is 0.260 e. The van der Waals surface area contributed by atoms with Crippen molar-refractivity contribution in [1.29, 1.82) is 0 Å². The fourth-order valence-electron chi connectivity index (χ4n) is 4.27. The van der Waals surface area contributed by atoms with Crippen LogP contribution in [-0.4, -0.2) is 40.6 Å². The van der Waals surface area contributed by atoms with Crippen molar-refractivity contribution in [2.45, 2.75) is 44.4 Å². The molecule has 1 amide bonds. The summed E-state index contributed by atoms with van der Waals surface area (Å²) < 4.78 is 11.1. The number of amides is 1. The quantitative estimate of drug-likeness (QED) is 0.824. The molecule has 26 heavy (non-hydrogen) atoms. The standard InChI is InChI=1S/C20H25N3O3/c1-14(2)18-21-19(22-26-18)20-10-6-7-15(20)11-23(13-20)17(24)12-25-16-8-4-3-5-9-16/h3-5,8-9,14-15H,6-7,10-13H2,1-2H3/t15-,20-/m1/s1. The molecule has 0 bridgehead atoms. The molecular weight excluding hydrogens is 330 g/mol. The second kappa shape index (κ2) is 6.74. The number of carbonyl (C=O) groups is 1. The Labute approximate surface area is 153 Å². The Bertz CT molecular complexity index is 774. The van der Waals surface area contributed by atoms with E-state index in [2.05, 4.69) is 10.1 Å². The van der Waals surface area contributed by atoms with E-state index in [-0.39, 0.29) is 23.8 Å². The number of hydrogen-bond acceptors (Lipinski definition) is 5. The lowest BCUT2D eigenvalue weighted by molar-refractivity contribution is -0.132. The fourth-order valence-corrected chi connectivity index (χ4v) is 4.27. The maximum absolute atomic E-state index is 12.7. The van der Waals surface area contributed by atoms with Crippen molar-refractivity contribution in [3.63, 3.8) is 0 Å². The van der Waals surface area contributed by atoms with Crippen LogP contribution in [0.2, 0.25) is 0 Å². The van der Waals surface area contributed by atoms with Crippen molar-refractivity contribution in [3.05, 3.63) is 42.0 Å². The first-order chi connectivity index (χ1) is 12.6. The van der Waals surface area contributed by atoms with Crippen molar-refractivity contribution in [1.82, 2.24) is 15.0 Å². The Kier molecular flexibility index (Phi) is 4.42. The molecule has 1 saturated heterocycles. The molecule has 2 aliphatic rings. The molecule has 1 aliphatic carbocycles. The monoisotopic (exact) mass is 355 g/mol. The number of likely N-dealkylation sites (tertiary alicyclic amines) is 1. The van der Waals surface area contributed by atoms with Gasteiger partial charge in [0, 0.05) is 19.0 Å². The largest absolute Gasteiger partial charge is 0.484 e. The summed E-state index contributed by atoms with van der Waals surface area (Å²) in [7, 11) is 0. The molecule has 0 radical (unpaired) electrons. The molecule has 2 aromatic rings. The third-order valence-electron chi connectivity index (χ3n) is 5.71. The molecule has 0 spiro atoms. The summed E-state index contributed by atoms with van der Waals surface area (Å²) in [6.07, 6.45) is 3.27. The molecule has 2 atom stereocenters. The van der Waals surface area contributed by atoms with Crippen molar-refractivity contribution in [2.75, 3.05) is 19.7 Å². The Hall–Kier alpha value is -2.37. The van der Waals surface area contributed by atoms with Crippen LogP contribution in [-0.2, 0) is 10.2 Å². The molecule has 1 aliphatic heterocycles. The highest BCUT2D eigenvalue weighted by Gasteiger charge is 2.54. The Morgan fingerprint density at radius 2 is 2.19 bits per heavy atom. The minimum absolute atomic E-state index is 0.0233. The average Bonchev–Trinajstić information content (AvgIpc) is 3.33. The van der Waals surface area contributed by atoms with E-state index in [1.807, 2.05) is 49.1 Å². The zero-order valence-corrected chi connectivity index (χ0v) is 15.4. The summed E-state index contributed by atoms with van der Waals surface area (Å²) in [5.74, 6) is 2.82. The highest BCUT2D eigenvalue weighted by molar-refractivity contribution is 5.78. The Morgan fingerprint density at radius 3 is 2.92 bits per heavy atom. The van der Waals surface area contributed by atoms with Crippen molar-refractivity contribution < 1.29 is 14.1 Å². The van der Waals surface area contributed by atoms with E-state index in [4.69, 9.17) is 9.26 Å². The summed E-state index contributed by atoms with van der Waals surface area (Å²) in [5.41, 5.74) is -0.154. The average molecular weight is 355 g/mol. The SMILES string of the molecule is CC(C)c1nc([C@@]23CCC[C@@H]2CN(C(=O)COc2ccccc2)C3)no1. The lowest BCUT2D eigenvalue weighted by Crippen LogP contribution is -2.37. The van der Waals surface area contributed by atoms with Crippen LogP contribution in [0.4, 0.5) is 0 Å². The van der Waals surface area contributed by atoms with Crippen LogP contribution in [0.3, 0.4) is 0 Å². The van der Waals surface area contributed by atoms with Crippen molar-refractivity contribution in [3.8, 4) is 5.75 Å². The maximum atomic E-state index is 12.7. The minimum Gasteiger partial charge on any atom is -0.484 e. The van der Waals surface area contributed by atoms with Gasteiger partial charge in [0.1, 0.15) is 5.75 Å². The number of hydrogen-bond donors (Lipinski definition) is 0. The highest BCUT2D eigenvalue weighted by Crippen LogP contribution is 2.49. The number of benzene rings is 1. The van der Waals surface area contributed by atoms with Gasteiger partial charge in [0.25, 0.3) is 5.91 Å². The number of carbonyl (C=O) groups excluding carboxylic acids is 1. The molecule has 1 aromatic carbocycles. The van der Waals surface area contributed by atoms with Gasteiger partial charge in [0.2, 0.25) is 5.89 Å². The predicted molar refractivity (Wildman–Crippen MR) is 95.9 cm³/mol. The van der Waals surface area contributed by atoms with Gasteiger partial charge in [-0.1, -0.05) is 43.6 Å². The molecule has 6 heteroatoms. The third-order valence-corrected chi connectivity index (χ3v) is 5.71. The van der Waals surface area contributed by atoms with Gasteiger partial charge in [-0.3, -0.25) is 4.79 Å². The zero-order chi connectivity index (χ0) is 18.1. The molecule has 2 fully saturated rings. The Morgan fingerprint density at radius 1 is 1.38 bits per heavy atom. The van der Waals surface area contributed by atoms with Gasteiger partial charge < -0.3 is 14.2 Å². The first kappa shape index (κ1) is 17.1. The number of para-hydroxylation sites is 1. The van der Waals surface area contributed by atoms with Gasteiger partial charge in [-0.25, -0.2) is 0 Å². The normalized spacial score (nSPS) is 24.9. The summed E-state index contributed by atoms with van der Waals surface area (Å²) in [4.78, 5) is 19.3. The van der Waals surface area contributed by atoms with Gasteiger partial charge in [0.05, 0.1) is 5.41 Å². The first-order valence-corrected chi connectivity index (χ1v) is 9.38. The summed E-state index contributed by atoms with van der Waals surface area (Å²) in [6, 6.07) is 9.45. The van der Waals surface area contributed by atoms with E-state index < -0.39 is 0 Å². The molecule has 0 unspecified atom stereocenters. The number of fused-ring (bicyclic) bond motifs is 1. The van der Waals surface area contributed by atoms with E-state index in [9.17, 15) is 4.79 Å². The number of nitrogens with zero attached hydrogens (tertiary/aromatic N) is 3. The number of rotatable bonds is 5. The summed E-state index contributed by atoms with van der Waals surface area (Å²) >= 11 is 0. The maximum Gasteiger partial charge on any atom is 0.260 e. The molecular formula is C20H25N3O3. The first-order valence-electron chi connectivity index (χ1n) is 9.38. The molecule has 1 saturated carbocycles.